The lowest BCUT2D eigenvalue weighted by atomic mass is 10.1. The van der Waals surface area contributed by atoms with Crippen molar-refractivity contribution in [1.29, 1.82) is 0 Å². The summed E-state index contributed by atoms with van der Waals surface area (Å²) in [4.78, 5) is 4.25. The third-order valence-corrected chi connectivity index (χ3v) is 3.03. The molecule has 0 radical (unpaired) electrons. The van der Waals surface area contributed by atoms with Crippen molar-refractivity contribution in [2.24, 2.45) is 5.73 Å². The van der Waals surface area contributed by atoms with E-state index in [4.69, 9.17) is 10.5 Å². The smallest absolute Gasteiger partial charge is 0.130 e. The molecule has 2 N–H and O–H groups in total. The predicted molar refractivity (Wildman–Crippen MR) is 75.3 cm³/mol. The second kappa shape index (κ2) is 5.98. The van der Waals surface area contributed by atoms with Crippen LogP contribution in [-0.2, 0) is 6.61 Å². The van der Waals surface area contributed by atoms with Crippen molar-refractivity contribution < 1.29 is 4.74 Å². The van der Waals surface area contributed by atoms with Crippen molar-refractivity contribution in [2.45, 2.75) is 19.6 Å². The molecule has 4 heteroatoms. The van der Waals surface area contributed by atoms with Gasteiger partial charge in [0.1, 0.15) is 12.4 Å². The number of pyridine rings is 1. The van der Waals surface area contributed by atoms with Crippen LogP contribution in [0.1, 0.15) is 24.2 Å². The number of nitrogens with zero attached hydrogens (tertiary/aromatic N) is 1. The van der Waals surface area contributed by atoms with E-state index in [-0.39, 0.29) is 6.04 Å². The van der Waals surface area contributed by atoms with Crippen LogP contribution in [0, 0.1) is 0 Å². The molecule has 1 aromatic heterocycles. The van der Waals surface area contributed by atoms with E-state index >= 15 is 0 Å². The fraction of sp³-hybridized carbons (Fsp3) is 0.214. The average Bonchev–Trinajstić information content (AvgIpc) is 2.38. The molecule has 2 aromatic rings. The Hall–Kier alpha value is -1.39. The van der Waals surface area contributed by atoms with E-state index in [9.17, 15) is 0 Å². The molecular formula is C14H15BrN2O. The fourth-order valence-electron chi connectivity index (χ4n) is 1.54. The van der Waals surface area contributed by atoms with E-state index in [2.05, 4.69) is 20.9 Å². The molecule has 0 saturated carbocycles. The van der Waals surface area contributed by atoms with Crippen molar-refractivity contribution >= 4 is 15.9 Å². The van der Waals surface area contributed by atoms with Crippen LogP contribution in [0.15, 0.2) is 47.1 Å². The summed E-state index contributed by atoms with van der Waals surface area (Å²) in [5.74, 6) is 0.814. The van der Waals surface area contributed by atoms with Crippen LogP contribution in [0.2, 0.25) is 0 Å². The Balaban J connectivity index is 2.01. The molecule has 0 bridgehead atoms. The minimum absolute atomic E-state index is 0.0133. The van der Waals surface area contributed by atoms with Gasteiger partial charge in [-0.3, -0.25) is 4.98 Å². The van der Waals surface area contributed by atoms with Crippen LogP contribution < -0.4 is 10.5 Å². The normalized spacial score (nSPS) is 12.2. The summed E-state index contributed by atoms with van der Waals surface area (Å²) < 4.78 is 6.65. The van der Waals surface area contributed by atoms with Gasteiger partial charge >= 0.3 is 0 Å². The van der Waals surface area contributed by atoms with Gasteiger partial charge in [-0.05, 0) is 52.7 Å². The molecule has 0 saturated heterocycles. The van der Waals surface area contributed by atoms with Gasteiger partial charge in [-0.1, -0.05) is 12.1 Å². The Morgan fingerprint density at radius 2 is 2.17 bits per heavy atom. The highest BCUT2D eigenvalue weighted by molar-refractivity contribution is 9.10. The number of hydrogen-bond donors (Lipinski definition) is 1. The molecule has 3 nitrogen and oxygen atoms in total. The van der Waals surface area contributed by atoms with E-state index in [1.165, 1.54) is 0 Å². The molecule has 0 fully saturated rings. The maximum absolute atomic E-state index is 5.83. The van der Waals surface area contributed by atoms with Gasteiger partial charge in [0.2, 0.25) is 0 Å². The summed E-state index contributed by atoms with van der Waals surface area (Å²) in [5.41, 5.74) is 7.79. The minimum atomic E-state index is 0.0133. The molecule has 1 heterocycles. The van der Waals surface area contributed by atoms with Gasteiger partial charge in [0.15, 0.2) is 0 Å². The third-order valence-electron chi connectivity index (χ3n) is 2.56. The van der Waals surface area contributed by atoms with E-state index in [0.717, 1.165) is 21.5 Å². The van der Waals surface area contributed by atoms with Crippen LogP contribution in [0.4, 0.5) is 0 Å². The number of aromatic nitrogens is 1. The predicted octanol–water partition coefficient (Wildman–Crippen LogP) is 3.44. The molecular weight excluding hydrogens is 292 g/mol. The molecule has 1 aromatic carbocycles. The summed E-state index contributed by atoms with van der Waals surface area (Å²) in [6.07, 6.45) is 1.76. The Morgan fingerprint density at radius 1 is 1.33 bits per heavy atom. The lowest BCUT2D eigenvalue weighted by Gasteiger charge is -2.09. The van der Waals surface area contributed by atoms with Crippen molar-refractivity contribution in [3.63, 3.8) is 0 Å². The standard InChI is InChI=1S/C14H15BrN2O/c1-10(16)11-3-2-4-14(7-11)18-9-13-6-5-12(15)8-17-13/h2-8,10H,9,16H2,1H3. The molecule has 18 heavy (non-hydrogen) atoms. The van der Waals surface area contributed by atoms with Gasteiger partial charge < -0.3 is 10.5 Å². The SMILES string of the molecule is CC(N)c1cccc(OCc2ccc(Br)cn2)c1. The van der Waals surface area contributed by atoms with Crippen LogP contribution >= 0.6 is 15.9 Å². The maximum atomic E-state index is 5.83. The molecule has 0 spiro atoms. The van der Waals surface area contributed by atoms with Crippen LogP contribution in [0.3, 0.4) is 0 Å². The molecule has 0 aliphatic carbocycles. The Kier molecular flexibility index (Phi) is 4.33. The number of rotatable bonds is 4. The highest BCUT2D eigenvalue weighted by Crippen LogP contribution is 2.18. The summed E-state index contributed by atoms with van der Waals surface area (Å²) in [6.45, 7) is 2.41. The summed E-state index contributed by atoms with van der Waals surface area (Å²) in [6, 6.07) is 11.7. The van der Waals surface area contributed by atoms with E-state index in [1.807, 2.05) is 43.3 Å². The van der Waals surface area contributed by atoms with Crippen LogP contribution in [0.5, 0.6) is 5.75 Å². The monoisotopic (exact) mass is 306 g/mol. The van der Waals surface area contributed by atoms with Crippen molar-refractivity contribution in [1.82, 2.24) is 4.98 Å². The molecule has 0 amide bonds. The summed E-state index contributed by atoms with van der Waals surface area (Å²) in [7, 11) is 0. The Bertz CT molecular complexity index is 511. The number of nitrogens with two attached hydrogens (primary N) is 1. The second-order valence-electron chi connectivity index (χ2n) is 4.12. The topological polar surface area (TPSA) is 48.1 Å². The largest absolute Gasteiger partial charge is 0.487 e. The minimum Gasteiger partial charge on any atom is -0.487 e. The first kappa shape index (κ1) is 13.1. The van der Waals surface area contributed by atoms with Gasteiger partial charge in [-0.2, -0.15) is 0 Å². The number of halogens is 1. The van der Waals surface area contributed by atoms with Gasteiger partial charge in [-0.15, -0.1) is 0 Å². The fourth-order valence-corrected chi connectivity index (χ4v) is 1.77. The molecule has 1 atom stereocenters. The second-order valence-corrected chi connectivity index (χ2v) is 5.03. The quantitative estimate of drug-likeness (QED) is 0.941. The van der Waals surface area contributed by atoms with Crippen LogP contribution in [0.25, 0.3) is 0 Å². The van der Waals surface area contributed by atoms with Gasteiger partial charge in [0.25, 0.3) is 0 Å². The zero-order valence-corrected chi connectivity index (χ0v) is 11.7. The zero-order valence-electron chi connectivity index (χ0n) is 10.1. The van der Waals surface area contributed by atoms with Gasteiger partial charge in [-0.25, -0.2) is 0 Å². The van der Waals surface area contributed by atoms with Crippen molar-refractivity contribution in [3.05, 3.63) is 58.3 Å². The first-order valence-corrected chi connectivity index (χ1v) is 6.53. The summed E-state index contributed by atoms with van der Waals surface area (Å²) in [5, 5.41) is 0. The number of benzene rings is 1. The lowest BCUT2D eigenvalue weighted by molar-refractivity contribution is 0.301. The maximum Gasteiger partial charge on any atom is 0.130 e. The molecule has 94 valence electrons. The Labute approximate surface area is 115 Å². The third kappa shape index (κ3) is 3.55. The van der Waals surface area contributed by atoms with Crippen molar-refractivity contribution in [3.8, 4) is 5.75 Å². The lowest BCUT2D eigenvalue weighted by Crippen LogP contribution is -2.05. The van der Waals surface area contributed by atoms with E-state index in [1.54, 1.807) is 6.20 Å². The van der Waals surface area contributed by atoms with Crippen LogP contribution in [-0.4, -0.2) is 4.98 Å². The number of hydrogen-bond acceptors (Lipinski definition) is 3. The first-order valence-electron chi connectivity index (χ1n) is 5.74. The highest BCUT2D eigenvalue weighted by Gasteiger charge is 2.02. The summed E-state index contributed by atoms with van der Waals surface area (Å²) >= 11 is 3.35. The van der Waals surface area contributed by atoms with E-state index in [0.29, 0.717) is 6.61 Å². The van der Waals surface area contributed by atoms with Crippen molar-refractivity contribution in [2.75, 3.05) is 0 Å². The molecule has 0 aliphatic heterocycles. The zero-order chi connectivity index (χ0) is 13.0. The number of ether oxygens (including phenoxy) is 1. The molecule has 0 aliphatic rings. The highest BCUT2D eigenvalue weighted by atomic mass is 79.9. The molecule has 2 rings (SSSR count). The van der Waals surface area contributed by atoms with E-state index < -0.39 is 0 Å². The van der Waals surface area contributed by atoms with Gasteiger partial charge in [0.05, 0.1) is 5.69 Å². The average molecular weight is 307 g/mol. The first-order chi connectivity index (χ1) is 8.65. The van der Waals surface area contributed by atoms with Gasteiger partial charge in [0, 0.05) is 16.7 Å². The molecule has 1 unspecified atom stereocenters. The Morgan fingerprint density at radius 3 is 2.83 bits per heavy atom.